The fraction of sp³-hybridized carbons (Fsp3) is 0.211. The molecular formula is C38H33Cl2N3O3. The highest BCUT2D eigenvalue weighted by atomic mass is 35.5. The number of H-pyrrole nitrogens is 1. The zero-order valence-corrected chi connectivity index (χ0v) is 27.3. The first-order valence-electron chi connectivity index (χ1n) is 15.2. The van der Waals surface area contributed by atoms with Crippen LogP contribution in [-0.2, 0) is 21.5 Å². The SMILES string of the molecule is COc1ccc(NC2=C([C@@]3(c4c[nH]c5ccccc45)C(=O)N(Cc4ccc(Cl)c(Cl)c4)c4ccccc43)C(=O)CC(C)(C)C2)cc1. The van der Waals surface area contributed by atoms with Crippen LogP contribution in [0.25, 0.3) is 10.9 Å². The van der Waals surface area contributed by atoms with Crippen molar-refractivity contribution in [3.63, 3.8) is 0 Å². The maximum absolute atomic E-state index is 15.5. The molecule has 7 rings (SSSR count). The van der Waals surface area contributed by atoms with Crippen molar-refractivity contribution >= 4 is 57.2 Å². The number of aromatic nitrogens is 1. The summed E-state index contributed by atoms with van der Waals surface area (Å²) in [5.41, 5.74) is 4.24. The molecule has 1 atom stereocenters. The predicted molar refractivity (Wildman–Crippen MR) is 185 cm³/mol. The number of fused-ring (bicyclic) bond motifs is 2. The molecule has 0 unspecified atom stereocenters. The van der Waals surface area contributed by atoms with Gasteiger partial charge in [0, 0.05) is 57.3 Å². The molecule has 232 valence electrons. The van der Waals surface area contributed by atoms with Crippen LogP contribution in [0, 0.1) is 5.41 Å². The van der Waals surface area contributed by atoms with Gasteiger partial charge in [0.25, 0.3) is 0 Å². The minimum Gasteiger partial charge on any atom is -0.497 e. The summed E-state index contributed by atoms with van der Waals surface area (Å²) in [6, 6.07) is 28.7. The number of carbonyl (C=O) groups excluding carboxylic acids is 2. The Morgan fingerprint density at radius 3 is 2.37 bits per heavy atom. The van der Waals surface area contributed by atoms with Crippen molar-refractivity contribution in [2.24, 2.45) is 5.41 Å². The lowest BCUT2D eigenvalue weighted by Gasteiger charge is -2.40. The summed E-state index contributed by atoms with van der Waals surface area (Å²) in [4.78, 5) is 35.4. The largest absolute Gasteiger partial charge is 0.497 e. The summed E-state index contributed by atoms with van der Waals surface area (Å²) in [6.07, 6.45) is 2.78. The highest BCUT2D eigenvalue weighted by Gasteiger charge is 2.59. The number of halogens is 2. The van der Waals surface area contributed by atoms with Crippen molar-refractivity contribution in [2.75, 3.05) is 17.3 Å². The minimum absolute atomic E-state index is 0.0583. The highest BCUT2D eigenvalue weighted by Crippen LogP contribution is 2.56. The number of allylic oxidation sites excluding steroid dienone is 1. The van der Waals surface area contributed by atoms with Crippen molar-refractivity contribution in [2.45, 2.75) is 38.6 Å². The van der Waals surface area contributed by atoms with Crippen molar-refractivity contribution in [1.82, 2.24) is 4.98 Å². The Hall–Kier alpha value is -4.52. The number of hydrogen-bond donors (Lipinski definition) is 2. The van der Waals surface area contributed by atoms with E-state index < -0.39 is 5.41 Å². The second kappa shape index (κ2) is 11.4. The van der Waals surface area contributed by atoms with Crippen molar-refractivity contribution in [1.29, 1.82) is 0 Å². The summed E-state index contributed by atoms with van der Waals surface area (Å²) in [5, 5.41) is 5.35. The number of nitrogens with zero attached hydrogens (tertiary/aromatic N) is 1. The number of rotatable bonds is 7. The Labute approximate surface area is 278 Å². The van der Waals surface area contributed by atoms with Gasteiger partial charge in [0.15, 0.2) is 5.78 Å². The van der Waals surface area contributed by atoms with Crippen LogP contribution in [0.2, 0.25) is 10.0 Å². The van der Waals surface area contributed by atoms with Crippen LogP contribution in [0.3, 0.4) is 0 Å². The Bertz CT molecular complexity index is 2050. The smallest absolute Gasteiger partial charge is 0.247 e. The van der Waals surface area contributed by atoms with Crippen LogP contribution in [-0.4, -0.2) is 23.8 Å². The third-order valence-electron chi connectivity index (χ3n) is 9.12. The first-order chi connectivity index (χ1) is 22.1. The first kappa shape index (κ1) is 30.2. The number of carbonyl (C=O) groups is 2. The molecule has 4 aromatic carbocycles. The van der Waals surface area contributed by atoms with E-state index in [0.29, 0.717) is 28.5 Å². The van der Waals surface area contributed by atoms with Crippen molar-refractivity contribution in [3.8, 4) is 5.75 Å². The summed E-state index contributed by atoms with van der Waals surface area (Å²) in [6.45, 7) is 4.44. The van der Waals surface area contributed by atoms with E-state index >= 15 is 4.79 Å². The summed E-state index contributed by atoms with van der Waals surface area (Å²) in [7, 11) is 1.63. The number of ether oxygens (including phenoxy) is 1. The lowest BCUT2D eigenvalue weighted by atomic mass is 9.62. The van der Waals surface area contributed by atoms with Gasteiger partial charge in [-0.25, -0.2) is 0 Å². The monoisotopic (exact) mass is 649 g/mol. The van der Waals surface area contributed by atoms with Gasteiger partial charge in [-0.1, -0.05) is 79.5 Å². The number of Topliss-reactive ketones (excluding diaryl/α,β-unsaturated/α-hetero) is 1. The maximum Gasteiger partial charge on any atom is 0.247 e. The van der Waals surface area contributed by atoms with Gasteiger partial charge in [0.2, 0.25) is 5.91 Å². The van der Waals surface area contributed by atoms with Gasteiger partial charge in [-0.05, 0) is 65.9 Å². The second-order valence-corrected chi connectivity index (χ2v) is 13.6. The minimum atomic E-state index is -1.42. The van der Waals surface area contributed by atoms with Gasteiger partial charge in [-0.3, -0.25) is 9.59 Å². The molecule has 2 aliphatic rings. The van der Waals surface area contributed by atoms with E-state index in [4.69, 9.17) is 27.9 Å². The number of aromatic amines is 1. The lowest BCUT2D eigenvalue weighted by molar-refractivity contribution is -0.125. The molecule has 0 radical (unpaired) electrons. The third kappa shape index (κ3) is 4.88. The van der Waals surface area contributed by atoms with Gasteiger partial charge in [0.1, 0.15) is 11.2 Å². The normalized spacial score (nSPS) is 19.1. The number of para-hydroxylation sites is 2. The second-order valence-electron chi connectivity index (χ2n) is 12.8. The molecule has 1 amide bonds. The van der Waals surface area contributed by atoms with Crippen LogP contribution in [0.1, 0.15) is 43.4 Å². The van der Waals surface area contributed by atoms with E-state index in [1.165, 1.54) is 0 Å². The lowest BCUT2D eigenvalue weighted by Crippen LogP contribution is -2.47. The Morgan fingerprint density at radius 2 is 1.61 bits per heavy atom. The Morgan fingerprint density at radius 1 is 0.870 bits per heavy atom. The maximum atomic E-state index is 15.5. The molecular weight excluding hydrogens is 617 g/mol. The van der Waals surface area contributed by atoms with Crippen LogP contribution >= 0.6 is 23.2 Å². The van der Waals surface area contributed by atoms with Crippen molar-refractivity contribution in [3.05, 3.63) is 135 Å². The predicted octanol–water partition coefficient (Wildman–Crippen LogP) is 9.07. The molecule has 0 bridgehead atoms. The topological polar surface area (TPSA) is 74.4 Å². The van der Waals surface area contributed by atoms with Gasteiger partial charge >= 0.3 is 0 Å². The first-order valence-corrected chi connectivity index (χ1v) is 16.0. The summed E-state index contributed by atoms with van der Waals surface area (Å²) in [5.74, 6) is 0.478. The molecule has 2 heterocycles. The van der Waals surface area contributed by atoms with Crippen LogP contribution in [0.5, 0.6) is 5.75 Å². The molecule has 0 saturated heterocycles. The summed E-state index contributed by atoms with van der Waals surface area (Å²) < 4.78 is 5.38. The molecule has 0 spiro atoms. The zero-order valence-electron chi connectivity index (χ0n) is 25.8. The van der Waals surface area contributed by atoms with E-state index in [9.17, 15) is 4.79 Å². The van der Waals surface area contributed by atoms with Gasteiger partial charge in [0.05, 0.1) is 23.7 Å². The Balaban J connectivity index is 1.51. The molecule has 1 aliphatic heterocycles. The van der Waals surface area contributed by atoms with E-state index in [0.717, 1.165) is 50.4 Å². The average molecular weight is 651 g/mol. The molecule has 6 nitrogen and oxygen atoms in total. The average Bonchev–Trinajstić information content (AvgIpc) is 3.56. The molecule has 0 fully saturated rings. The number of methoxy groups -OCH3 is 1. The van der Waals surface area contributed by atoms with E-state index in [-0.39, 0.29) is 23.7 Å². The van der Waals surface area contributed by atoms with Gasteiger partial charge in [-0.15, -0.1) is 0 Å². The van der Waals surface area contributed by atoms with E-state index in [1.54, 1.807) is 24.1 Å². The number of ketones is 1. The molecule has 0 saturated carbocycles. The highest BCUT2D eigenvalue weighted by molar-refractivity contribution is 6.42. The van der Waals surface area contributed by atoms with Crippen molar-refractivity contribution < 1.29 is 14.3 Å². The molecule has 5 aromatic rings. The van der Waals surface area contributed by atoms with E-state index in [2.05, 4.69) is 24.1 Å². The fourth-order valence-electron chi connectivity index (χ4n) is 7.16. The number of benzene rings is 4. The fourth-order valence-corrected chi connectivity index (χ4v) is 7.48. The summed E-state index contributed by atoms with van der Waals surface area (Å²) >= 11 is 12.7. The van der Waals surface area contributed by atoms with Gasteiger partial charge < -0.3 is 19.9 Å². The third-order valence-corrected chi connectivity index (χ3v) is 9.86. The van der Waals surface area contributed by atoms with Crippen LogP contribution < -0.4 is 15.0 Å². The molecule has 8 heteroatoms. The Kier molecular flexibility index (Phi) is 7.46. The number of hydrogen-bond acceptors (Lipinski definition) is 4. The molecule has 46 heavy (non-hydrogen) atoms. The molecule has 2 N–H and O–H groups in total. The molecule has 1 aliphatic carbocycles. The van der Waals surface area contributed by atoms with Crippen LogP contribution in [0.15, 0.2) is 108 Å². The zero-order chi connectivity index (χ0) is 32.2. The standard InChI is InChI=1S/C38H33Cl2N3O3/c1-37(2)19-32(42-24-13-15-25(46-3)16-14-24)35(34(44)20-37)38(28-21-41-31-10-6-4-8-26(28)31)27-9-5-7-11-33(27)43(36(38)45)22-23-12-17-29(39)30(40)18-23/h4-18,21,41-42H,19-20,22H2,1-3H3/t38-/m1/s1. The molecule has 1 aromatic heterocycles. The van der Waals surface area contributed by atoms with Crippen LogP contribution in [0.4, 0.5) is 11.4 Å². The number of anilines is 2. The quantitative estimate of drug-likeness (QED) is 0.184. The van der Waals surface area contributed by atoms with Gasteiger partial charge in [-0.2, -0.15) is 0 Å². The number of amides is 1. The number of nitrogens with one attached hydrogen (secondary N) is 2. The van der Waals surface area contributed by atoms with E-state index in [1.807, 2.05) is 85.1 Å².